The van der Waals surface area contributed by atoms with Gasteiger partial charge in [0.05, 0.1) is 12.0 Å². The minimum atomic E-state index is -0.375. The van der Waals surface area contributed by atoms with E-state index in [4.69, 9.17) is 5.73 Å². The number of carbonyl (C=O) groups excluding carboxylic acids is 1. The highest BCUT2D eigenvalue weighted by molar-refractivity contribution is 5.85. The van der Waals surface area contributed by atoms with Gasteiger partial charge in [-0.2, -0.15) is 0 Å². The SMILES string of the molecule is CCN(CC)C(CNC(=O)C1CCCCC1(C)N)c1ccccc1.Cl.Cl. The van der Waals surface area contributed by atoms with E-state index in [1.54, 1.807) is 0 Å². The summed E-state index contributed by atoms with van der Waals surface area (Å²) in [6, 6.07) is 10.6. The first kappa shape index (κ1) is 25.2. The van der Waals surface area contributed by atoms with Crippen LogP contribution in [0.25, 0.3) is 0 Å². The van der Waals surface area contributed by atoms with Crippen LogP contribution in [0.4, 0.5) is 0 Å². The fraction of sp³-hybridized carbons (Fsp3) is 0.650. The number of hydrogen-bond donors (Lipinski definition) is 2. The number of likely N-dealkylation sites (N-methyl/N-ethyl adjacent to an activating group) is 1. The Morgan fingerprint density at radius 2 is 1.85 bits per heavy atom. The van der Waals surface area contributed by atoms with Crippen molar-refractivity contribution in [1.29, 1.82) is 0 Å². The molecule has 26 heavy (non-hydrogen) atoms. The second kappa shape index (κ2) is 11.8. The van der Waals surface area contributed by atoms with Crippen molar-refractivity contribution in [3.05, 3.63) is 35.9 Å². The molecule has 0 spiro atoms. The van der Waals surface area contributed by atoms with Gasteiger partial charge in [0.15, 0.2) is 0 Å². The number of nitrogens with zero attached hydrogens (tertiary/aromatic N) is 1. The van der Waals surface area contributed by atoms with Crippen LogP contribution in [0.5, 0.6) is 0 Å². The second-order valence-electron chi connectivity index (χ2n) is 7.20. The fourth-order valence-electron chi connectivity index (χ4n) is 3.91. The highest BCUT2D eigenvalue weighted by Crippen LogP contribution is 2.31. The van der Waals surface area contributed by atoms with E-state index in [-0.39, 0.29) is 48.2 Å². The molecule has 0 aliphatic heterocycles. The van der Waals surface area contributed by atoms with Crippen molar-refractivity contribution in [2.45, 2.75) is 58.0 Å². The quantitative estimate of drug-likeness (QED) is 0.724. The van der Waals surface area contributed by atoms with E-state index in [1.165, 1.54) is 5.56 Å². The molecule has 1 fully saturated rings. The van der Waals surface area contributed by atoms with Crippen LogP contribution in [0.3, 0.4) is 0 Å². The average molecular weight is 404 g/mol. The molecule has 6 heteroatoms. The molecule has 2 rings (SSSR count). The molecule has 150 valence electrons. The molecule has 1 amide bonds. The Labute approximate surface area is 171 Å². The molecule has 1 aromatic carbocycles. The molecule has 0 radical (unpaired) electrons. The number of nitrogens with two attached hydrogens (primary N) is 1. The lowest BCUT2D eigenvalue weighted by atomic mass is 9.74. The Morgan fingerprint density at radius 3 is 2.38 bits per heavy atom. The third-order valence-electron chi connectivity index (χ3n) is 5.48. The van der Waals surface area contributed by atoms with Crippen molar-refractivity contribution in [3.8, 4) is 0 Å². The molecule has 4 nitrogen and oxygen atoms in total. The van der Waals surface area contributed by atoms with Gasteiger partial charge in [0.2, 0.25) is 5.91 Å². The minimum Gasteiger partial charge on any atom is -0.354 e. The third-order valence-corrected chi connectivity index (χ3v) is 5.48. The highest BCUT2D eigenvalue weighted by Gasteiger charge is 2.37. The van der Waals surface area contributed by atoms with Crippen LogP contribution in [0.1, 0.15) is 58.1 Å². The molecule has 3 atom stereocenters. The summed E-state index contributed by atoms with van der Waals surface area (Å²) < 4.78 is 0. The largest absolute Gasteiger partial charge is 0.354 e. The predicted octanol–water partition coefficient (Wildman–Crippen LogP) is 3.94. The van der Waals surface area contributed by atoms with Crippen molar-refractivity contribution in [3.63, 3.8) is 0 Å². The van der Waals surface area contributed by atoms with Crippen LogP contribution in [0.15, 0.2) is 30.3 Å². The number of rotatable bonds is 7. The maximum Gasteiger partial charge on any atom is 0.225 e. The van der Waals surface area contributed by atoms with Gasteiger partial charge in [0, 0.05) is 12.1 Å². The van der Waals surface area contributed by atoms with Crippen molar-refractivity contribution < 1.29 is 4.79 Å². The van der Waals surface area contributed by atoms with Gasteiger partial charge in [-0.05, 0) is 38.4 Å². The van der Waals surface area contributed by atoms with Crippen LogP contribution in [0, 0.1) is 5.92 Å². The molecule has 0 bridgehead atoms. The maximum atomic E-state index is 12.7. The number of amides is 1. The fourth-order valence-corrected chi connectivity index (χ4v) is 3.91. The lowest BCUT2D eigenvalue weighted by Gasteiger charge is -2.38. The Bertz CT molecular complexity index is 521. The van der Waals surface area contributed by atoms with Crippen molar-refractivity contribution in [2.75, 3.05) is 19.6 Å². The lowest BCUT2D eigenvalue weighted by Crippen LogP contribution is -2.53. The molecule has 0 saturated heterocycles. The summed E-state index contributed by atoms with van der Waals surface area (Å²) in [4.78, 5) is 15.1. The first-order chi connectivity index (χ1) is 11.5. The van der Waals surface area contributed by atoms with Gasteiger partial charge in [-0.1, -0.05) is 57.0 Å². The summed E-state index contributed by atoms with van der Waals surface area (Å²) in [7, 11) is 0. The molecule has 1 aliphatic rings. The smallest absolute Gasteiger partial charge is 0.225 e. The van der Waals surface area contributed by atoms with Gasteiger partial charge in [-0.25, -0.2) is 0 Å². The monoisotopic (exact) mass is 403 g/mol. The number of carbonyl (C=O) groups is 1. The summed E-state index contributed by atoms with van der Waals surface area (Å²) in [6.07, 6.45) is 4.06. The van der Waals surface area contributed by atoms with E-state index in [9.17, 15) is 4.79 Å². The summed E-state index contributed by atoms with van der Waals surface area (Å²) in [5.41, 5.74) is 7.26. The van der Waals surface area contributed by atoms with E-state index < -0.39 is 0 Å². The zero-order valence-electron chi connectivity index (χ0n) is 16.2. The molecular weight excluding hydrogens is 369 g/mol. The zero-order valence-corrected chi connectivity index (χ0v) is 17.9. The summed E-state index contributed by atoms with van der Waals surface area (Å²) >= 11 is 0. The second-order valence-corrected chi connectivity index (χ2v) is 7.20. The number of halogens is 2. The van der Waals surface area contributed by atoms with Crippen molar-refractivity contribution >= 4 is 30.7 Å². The normalized spacial score (nSPS) is 23.5. The summed E-state index contributed by atoms with van der Waals surface area (Å²) in [5.74, 6) is 0.0483. The summed E-state index contributed by atoms with van der Waals surface area (Å²) in [6.45, 7) is 8.92. The minimum absolute atomic E-state index is 0. The Hall–Kier alpha value is -0.810. The van der Waals surface area contributed by atoms with Gasteiger partial charge in [0.25, 0.3) is 0 Å². The Morgan fingerprint density at radius 1 is 1.23 bits per heavy atom. The molecule has 1 aliphatic carbocycles. The standard InChI is InChI=1S/C20H33N3O.2ClH/c1-4-23(5-2)18(16-11-7-6-8-12-16)15-22-19(24)17-13-9-10-14-20(17,3)21;;/h6-8,11-12,17-18H,4-5,9-10,13-15,21H2,1-3H3,(H,22,24);2*1H. The lowest BCUT2D eigenvalue weighted by molar-refractivity contribution is -0.128. The first-order valence-corrected chi connectivity index (χ1v) is 9.35. The van der Waals surface area contributed by atoms with Crippen LogP contribution < -0.4 is 11.1 Å². The number of nitrogens with one attached hydrogen (secondary N) is 1. The van der Waals surface area contributed by atoms with Crippen LogP contribution >= 0.6 is 24.8 Å². The van der Waals surface area contributed by atoms with Crippen LogP contribution in [0.2, 0.25) is 0 Å². The van der Waals surface area contributed by atoms with Crippen molar-refractivity contribution in [1.82, 2.24) is 10.2 Å². The molecule has 1 saturated carbocycles. The van der Waals surface area contributed by atoms with E-state index in [2.05, 4.69) is 48.3 Å². The molecular formula is C20H35Cl2N3O. The van der Waals surface area contributed by atoms with Gasteiger partial charge in [-0.15, -0.1) is 24.8 Å². The topological polar surface area (TPSA) is 58.4 Å². The van der Waals surface area contributed by atoms with E-state index in [0.29, 0.717) is 6.54 Å². The van der Waals surface area contributed by atoms with Gasteiger partial charge in [-0.3, -0.25) is 9.69 Å². The van der Waals surface area contributed by atoms with Crippen LogP contribution in [-0.2, 0) is 4.79 Å². The molecule has 0 heterocycles. The predicted molar refractivity (Wildman–Crippen MR) is 114 cm³/mol. The van der Waals surface area contributed by atoms with E-state index in [1.807, 2.05) is 13.0 Å². The Kier molecular flexibility index (Phi) is 11.4. The van der Waals surface area contributed by atoms with Gasteiger partial charge >= 0.3 is 0 Å². The van der Waals surface area contributed by atoms with Crippen molar-refractivity contribution in [2.24, 2.45) is 11.7 Å². The number of hydrogen-bond acceptors (Lipinski definition) is 3. The Balaban J connectivity index is 0.00000312. The molecule has 3 N–H and O–H groups in total. The third kappa shape index (κ3) is 6.41. The van der Waals surface area contributed by atoms with E-state index in [0.717, 1.165) is 38.8 Å². The molecule has 3 unspecified atom stereocenters. The van der Waals surface area contributed by atoms with E-state index >= 15 is 0 Å². The number of benzene rings is 1. The first-order valence-electron chi connectivity index (χ1n) is 9.35. The highest BCUT2D eigenvalue weighted by atomic mass is 35.5. The summed E-state index contributed by atoms with van der Waals surface area (Å²) in [5, 5.41) is 3.20. The average Bonchev–Trinajstić information content (AvgIpc) is 2.58. The maximum absolute atomic E-state index is 12.7. The molecule has 0 aromatic heterocycles. The van der Waals surface area contributed by atoms with Crippen LogP contribution in [-0.4, -0.2) is 36.0 Å². The van der Waals surface area contributed by atoms with Gasteiger partial charge < -0.3 is 11.1 Å². The zero-order chi connectivity index (χ0) is 17.6. The molecule has 1 aromatic rings. The van der Waals surface area contributed by atoms with Gasteiger partial charge in [0.1, 0.15) is 0 Å².